The summed E-state index contributed by atoms with van der Waals surface area (Å²) >= 11 is 0. The second kappa shape index (κ2) is 15.8. The van der Waals surface area contributed by atoms with Crippen LogP contribution in [0, 0.1) is 0 Å². The second-order valence-corrected chi connectivity index (χ2v) is 9.96. The zero-order chi connectivity index (χ0) is 30.2. The Balaban J connectivity index is 0.000000784. The molecule has 0 aliphatic heterocycles. The molecule has 0 aliphatic carbocycles. The molecule has 0 saturated heterocycles. The van der Waals surface area contributed by atoms with Gasteiger partial charge < -0.3 is 14.6 Å². The SMILES string of the molecule is O=S(=O)([O-])C(F)(F)F.O=S(=O)([O-])C(F)(F)F.[OH3+].[Zn+2].c1ccc(-c2cc(-c3ccccn3)nc(-c3ccccn3)c2)cc1. The first-order chi connectivity index (χ1) is 18.4. The number of nitrogens with zero attached hydrogens (tertiary/aromatic N) is 3. The van der Waals surface area contributed by atoms with Crippen LogP contribution < -0.4 is 0 Å². The Hall–Kier alpha value is -3.35. The first-order valence-corrected chi connectivity index (χ1v) is 13.2. The number of halogens is 6. The van der Waals surface area contributed by atoms with E-state index in [1.165, 1.54) is 0 Å². The first kappa shape index (κ1) is 38.7. The van der Waals surface area contributed by atoms with Gasteiger partial charge in [0.15, 0.2) is 20.2 Å². The van der Waals surface area contributed by atoms with Gasteiger partial charge in [0, 0.05) is 12.4 Å². The smallest absolute Gasteiger partial charge is 0.741 e. The van der Waals surface area contributed by atoms with E-state index in [1.54, 1.807) is 12.4 Å². The monoisotopic (exact) mass is 690 g/mol. The van der Waals surface area contributed by atoms with Gasteiger partial charge in [-0.3, -0.25) is 9.97 Å². The zero-order valence-electron chi connectivity index (χ0n) is 20.8. The van der Waals surface area contributed by atoms with E-state index in [0.29, 0.717) is 0 Å². The Bertz CT molecular complexity index is 1430. The van der Waals surface area contributed by atoms with Crippen molar-refractivity contribution in [2.75, 3.05) is 0 Å². The minimum atomic E-state index is -6.09. The minimum Gasteiger partial charge on any atom is -0.741 e. The molecular formula is C23H18F6N3O7S2Zn+. The van der Waals surface area contributed by atoms with E-state index in [2.05, 4.69) is 34.2 Å². The number of hydrogen-bond acceptors (Lipinski definition) is 9. The maximum absolute atomic E-state index is 10.7. The standard InChI is InChI=1S/C21H15N3.2CHF3O3S.H2O.Zn/c1-2-8-16(9-3-1)17-14-20(18-10-4-6-12-22-18)24-21(15-17)19-11-5-7-13-23-19;2*2-1(3,4)8(5,6)7;;/h1-15H;2*(H,5,6,7);1H2;/q;;;;+2/p-1. The van der Waals surface area contributed by atoms with Crippen LogP contribution in [0.5, 0.6) is 0 Å². The minimum absolute atomic E-state index is 0. The second-order valence-electron chi connectivity index (χ2n) is 7.22. The van der Waals surface area contributed by atoms with E-state index >= 15 is 0 Å². The summed E-state index contributed by atoms with van der Waals surface area (Å²) in [5, 5.41) is 0. The van der Waals surface area contributed by atoms with Gasteiger partial charge >= 0.3 is 30.5 Å². The number of aromatic nitrogens is 3. The molecule has 42 heavy (non-hydrogen) atoms. The van der Waals surface area contributed by atoms with Crippen molar-refractivity contribution >= 4 is 20.2 Å². The van der Waals surface area contributed by atoms with E-state index < -0.39 is 31.3 Å². The van der Waals surface area contributed by atoms with Gasteiger partial charge in [0.1, 0.15) is 0 Å². The zero-order valence-corrected chi connectivity index (χ0v) is 25.4. The number of hydrogen-bond donors (Lipinski definition) is 0. The van der Waals surface area contributed by atoms with Crippen molar-refractivity contribution in [1.29, 1.82) is 0 Å². The van der Waals surface area contributed by atoms with Gasteiger partial charge in [-0.25, -0.2) is 21.8 Å². The molecule has 0 radical (unpaired) electrons. The molecule has 0 bridgehead atoms. The Labute approximate surface area is 248 Å². The summed E-state index contributed by atoms with van der Waals surface area (Å²) < 4.78 is 118. The average Bonchev–Trinajstić information content (AvgIpc) is 2.88. The summed E-state index contributed by atoms with van der Waals surface area (Å²) in [4.78, 5) is 13.6. The molecule has 4 aromatic rings. The molecule has 19 heteroatoms. The maximum atomic E-state index is 10.7. The van der Waals surface area contributed by atoms with Crippen molar-refractivity contribution in [3.8, 4) is 33.9 Å². The molecular weight excluding hydrogens is 674 g/mol. The molecule has 0 unspecified atom stereocenters. The Morgan fingerprint density at radius 1 is 0.548 bits per heavy atom. The van der Waals surface area contributed by atoms with Crippen LogP contribution in [-0.4, -0.2) is 51.9 Å². The normalized spacial score (nSPS) is 11.3. The fourth-order valence-electron chi connectivity index (χ4n) is 2.62. The van der Waals surface area contributed by atoms with Gasteiger partial charge in [-0.15, -0.1) is 0 Å². The molecule has 0 amide bonds. The van der Waals surface area contributed by atoms with Gasteiger partial charge in [0.2, 0.25) is 0 Å². The van der Waals surface area contributed by atoms with Crippen LogP contribution in [0.2, 0.25) is 0 Å². The summed E-state index contributed by atoms with van der Waals surface area (Å²) in [6, 6.07) is 26.1. The van der Waals surface area contributed by atoms with E-state index in [-0.39, 0.29) is 25.0 Å². The van der Waals surface area contributed by atoms with Crippen LogP contribution in [0.4, 0.5) is 26.3 Å². The third kappa shape index (κ3) is 11.9. The number of rotatable bonds is 3. The van der Waals surface area contributed by atoms with Crippen LogP contribution in [0.3, 0.4) is 0 Å². The molecule has 1 aromatic carbocycles. The average molecular weight is 692 g/mol. The van der Waals surface area contributed by atoms with Gasteiger partial charge in [0.05, 0.1) is 22.8 Å². The quantitative estimate of drug-likeness (QED) is 0.100. The molecule has 222 valence electrons. The molecule has 0 atom stereocenters. The summed E-state index contributed by atoms with van der Waals surface area (Å²) in [7, 11) is -12.2. The third-order valence-electron chi connectivity index (χ3n) is 4.35. The van der Waals surface area contributed by atoms with Crippen LogP contribution in [0.25, 0.3) is 33.9 Å². The first-order valence-electron chi connectivity index (χ1n) is 10.3. The topological polar surface area (TPSA) is 186 Å². The molecule has 4 rings (SSSR count). The van der Waals surface area contributed by atoms with E-state index in [4.69, 9.17) is 30.9 Å². The van der Waals surface area contributed by atoms with E-state index in [1.807, 2.05) is 54.6 Å². The van der Waals surface area contributed by atoms with Crippen LogP contribution in [0.15, 0.2) is 91.3 Å². The van der Waals surface area contributed by atoms with Gasteiger partial charge in [0.25, 0.3) is 0 Å². The van der Waals surface area contributed by atoms with Crippen molar-refractivity contribution in [3.63, 3.8) is 0 Å². The van der Waals surface area contributed by atoms with Crippen LogP contribution in [-0.2, 0) is 45.2 Å². The van der Waals surface area contributed by atoms with Crippen molar-refractivity contribution in [1.82, 2.24) is 15.0 Å². The molecule has 3 aromatic heterocycles. The van der Waals surface area contributed by atoms with Gasteiger partial charge in [-0.05, 0) is 47.5 Å². The number of alkyl halides is 6. The summed E-state index contributed by atoms with van der Waals surface area (Å²) in [5.41, 5.74) is -5.64. The van der Waals surface area contributed by atoms with Crippen LogP contribution >= 0.6 is 0 Å². The molecule has 0 spiro atoms. The van der Waals surface area contributed by atoms with Crippen molar-refractivity contribution in [3.05, 3.63) is 91.3 Å². The van der Waals surface area contributed by atoms with Crippen molar-refractivity contribution in [2.24, 2.45) is 0 Å². The van der Waals surface area contributed by atoms with Crippen molar-refractivity contribution < 1.29 is 77.2 Å². The predicted octanol–water partition coefficient (Wildman–Crippen LogP) is 4.05. The molecule has 0 saturated carbocycles. The van der Waals surface area contributed by atoms with Crippen molar-refractivity contribution in [2.45, 2.75) is 11.0 Å². The van der Waals surface area contributed by atoms with Gasteiger partial charge in [-0.1, -0.05) is 42.5 Å². The van der Waals surface area contributed by atoms with Crippen LogP contribution in [0.1, 0.15) is 0 Å². The number of pyridine rings is 3. The molecule has 3 heterocycles. The maximum Gasteiger partial charge on any atom is 2.00 e. The summed E-state index contributed by atoms with van der Waals surface area (Å²) in [6.45, 7) is 0. The summed E-state index contributed by atoms with van der Waals surface area (Å²) in [6.07, 6.45) is 3.57. The molecule has 0 aliphatic rings. The fourth-order valence-corrected chi connectivity index (χ4v) is 2.62. The summed E-state index contributed by atoms with van der Waals surface area (Å²) in [5.74, 6) is 0. The molecule has 3 N–H and O–H groups in total. The van der Waals surface area contributed by atoms with E-state index in [0.717, 1.165) is 33.9 Å². The molecule has 0 fully saturated rings. The predicted molar refractivity (Wildman–Crippen MR) is 133 cm³/mol. The Morgan fingerprint density at radius 3 is 1.17 bits per heavy atom. The molecule has 10 nitrogen and oxygen atoms in total. The van der Waals surface area contributed by atoms with E-state index in [9.17, 15) is 26.3 Å². The Morgan fingerprint density at radius 2 is 0.881 bits per heavy atom. The third-order valence-corrected chi connectivity index (χ3v) is 5.49. The van der Waals surface area contributed by atoms with Gasteiger partial charge in [-0.2, -0.15) is 26.3 Å². The largest absolute Gasteiger partial charge is 2.00 e. The fraction of sp³-hybridized carbons (Fsp3) is 0.0870. The Kier molecular flexibility index (Phi) is 14.5. The number of benzene rings is 1.